The molecule has 0 unspecified atom stereocenters. The molecule has 4 rings (SSSR count). The van der Waals surface area contributed by atoms with Gasteiger partial charge in [-0.25, -0.2) is 0 Å². The Morgan fingerprint density at radius 1 is 0.889 bits per heavy atom. The minimum atomic E-state index is 1.25. The largest absolute Gasteiger partial charge is 0.371 e. The minimum Gasteiger partial charge on any atom is -0.371 e. The number of hydrogen-bond donors (Lipinski definition) is 0. The molecule has 94 valence electrons. The number of benzene rings is 1. The van der Waals surface area contributed by atoms with Crippen molar-refractivity contribution in [3.8, 4) is 0 Å². The third-order valence-corrected chi connectivity index (χ3v) is 4.77. The molecular weight excluding hydrogens is 218 g/mol. The second-order valence-corrected chi connectivity index (χ2v) is 5.92. The fraction of sp³-hybridized carbons (Fsp3) is 0.529. The normalized spacial score (nSPS) is 21.2. The zero-order valence-electron chi connectivity index (χ0n) is 11.0. The summed E-state index contributed by atoms with van der Waals surface area (Å²) in [6.45, 7) is 2.57. The standard InChI is InChI=1S/C17H21N/c1-2-6-13-12-14-7-4-10-18-11-5-9-16(17(14)18)15(13)8-3-1/h2,6,12H,1,3-5,7-11H2. The quantitative estimate of drug-likeness (QED) is 0.666. The highest BCUT2D eigenvalue weighted by Crippen LogP contribution is 2.40. The maximum absolute atomic E-state index is 2.66. The molecule has 0 saturated heterocycles. The topological polar surface area (TPSA) is 3.24 Å². The number of nitrogens with zero attached hydrogens (tertiary/aromatic N) is 1. The van der Waals surface area contributed by atoms with Gasteiger partial charge in [0, 0.05) is 18.8 Å². The van der Waals surface area contributed by atoms with Gasteiger partial charge in [0.2, 0.25) is 0 Å². The Hall–Kier alpha value is -1.24. The predicted molar refractivity (Wildman–Crippen MR) is 77.3 cm³/mol. The lowest BCUT2D eigenvalue weighted by atomic mass is 9.85. The summed E-state index contributed by atoms with van der Waals surface area (Å²) in [5, 5.41) is 0. The predicted octanol–water partition coefficient (Wildman–Crippen LogP) is 3.73. The average Bonchev–Trinajstić information content (AvgIpc) is 2.65. The van der Waals surface area contributed by atoms with Crippen molar-refractivity contribution in [2.24, 2.45) is 0 Å². The van der Waals surface area contributed by atoms with Crippen molar-refractivity contribution in [2.75, 3.05) is 18.0 Å². The van der Waals surface area contributed by atoms with Crippen molar-refractivity contribution in [2.45, 2.75) is 44.9 Å². The number of hydrogen-bond acceptors (Lipinski definition) is 1. The van der Waals surface area contributed by atoms with E-state index in [0.717, 1.165) is 0 Å². The summed E-state index contributed by atoms with van der Waals surface area (Å²) in [5.41, 5.74) is 8.18. The third-order valence-electron chi connectivity index (χ3n) is 4.77. The Labute approximate surface area is 109 Å². The van der Waals surface area contributed by atoms with Gasteiger partial charge in [-0.15, -0.1) is 0 Å². The van der Waals surface area contributed by atoms with Crippen LogP contribution < -0.4 is 4.90 Å². The van der Waals surface area contributed by atoms with E-state index >= 15 is 0 Å². The summed E-state index contributed by atoms with van der Waals surface area (Å²) in [7, 11) is 0. The first kappa shape index (κ1) is 10.7. The van der Waals surface area contributed by atoms with Gasteiger partial charge in [-0.05, 0) is 73.3 Å². The molecule has 1 heteroatoms. The van der Waals surface area contributed by atoms with E-state index in [1.54, 1.807) is 22.4 Å². The van der Waals surface area contributed by atoms with Gasteiger partial charge in [0.05, 0.1) is 0 Å². The van der Waals surface area contributed by atoms with Gasteiger partial charge in [-0.2, -0.15) is 0 Å². The van der Waals surface area contributed by atoms with E-state index in [1.807, 2.05) is 0 Å². The van der Waals surface area contributed by atoms with Gasteiger partial charge in [0.25, 0.3) is 0 Å². The first-order valence-corrected chi connectivity index (χ1v) is 7.52. The number of fused-ring (bicyclic) bond motifs is 2. The molecular formula is C17H21N. The van der Waals surface area contributed by atoms with Crippen molar-refractivity contribution in [3.05, 3.63) is 34.4 Å². The number of rotatable bonds is 0. The second kappa shape index (κ2) is 4.15. The summed E-state index contributed by atoms with van der Waals surface area (Å²) in [6, 6.07) is 2.49. The maximum atomic E-state index is 2.66. The van der Waals surface area contributed by atoms with Crippen LogP contribution in [0.4, 0.5) is 5.69 Å². The Balaban J connectivity index is 1.96. The van der Waals surface area contributed by atoms with E-state index in [9.17, 15) is 0 Å². The van der Waals surface area contributed by atoms with Crippen molar-refractivity contribution < 1.29 is 0 Å². The van der Waals surface area contributed by atoms with E-state index in [2.05, 4.69) is 23.1 Å². The Morgan fingerprint density at radius 3 is 2.67 bits per heavy atom. The number of aryl methyl sites for hydroxylation is 1. The monoisotopic (exact) mass is 239 g/mol. The SMILES string of the molecule is C1=Cc2cc3c4c(c2CCC1)CCCN4CCC3. The lowest BCUT2D eigenvalue weighted by Gasteiger charge is -2.38. The van der Waals surface area contributed by atoms with Crippen molar-refractivity contribution in [1.82, 2.24) is 0 Å². The molecule has 1 aliphatic carbocycles. The fourth-order valence-electron chi connectivity index (χ4n) is 4.00. The molecule has 1 aromatic rings. The summed E-state index contributed by atoms with van der Waals surface area (Å²) in [5.74, 6) is 0. The molecule has 3 aliphatic rings. The second-order valence-electron chi connectivity index (χ2n) is 5.92. The van der Waals surface area contributed by atoms with Crippen LogP contribution in [0.2, 0.25) is 0 Å². The van der Waals surface area contributed by atoms with Gasteiger partial charge >= 0.3 is 0 Å². The lowest BCUT2D eigenvalue weighted by Crippen LogP contribution is -2.35. The Morgan fingerprint density at radius 2 is 1.72 bits per heavy atom. The van der Waals surface area contributed by atoms with Crippen LogP contribution in [0, 0.1) is 0 Å². The van der Waals surface area contributed by atoms with Crippen LogP contribution >= 0.6 is 0 Å². The van der Waals surface area contributed by atoms with E-state index in [4.69, 9.17) is 0 Å². The Bertz CT molecular complexity index is 511. The van der Waals surface area contributed by atoms with E-state index < -0.39 is 0 Å². The highest BCUT2D eigenvalue weighted by atomic mass is 15.1. The van der Waals surface area contributed by atoms with E-state index in [1.165, 1.54) is 63.6 Å². The zero-order chi connectivity index (χ0) is 11.9. The summed E-state index contributed by atoms with van der Waals surface area (Å²) >= 11 is 0. The number of anilines is 1. The first-order chi connectivity index (χ1) is 8.93. The molecule has 0 aromatic heterocycles. The zero-order valence-corrected chi connectivity index (χ0v) is 11.0. The van der Waals surface area contributed by atoms with Crippen LogP contribution in [0.15, 0.2) is 12.1 Å². The van der Waals surface area contributed by atoms with Gasteiger partial charge < -0.3 is 4.90 Å². The molecule has 18 heavy (non-hydrogen) atoms. The van der Waals surface area contributed by atoms with Crippen LogP contribution in [-0.4, -0.2) is 13.1 Å². The minimum absolute atomic E-state index is 1.25. The molecule has 0 bridgehead atoms. The van der Waals surface area contributed by atoms with Crippen LogP contribution in [0.25, 0.3) is 6.08 Å². The maximum Gasteiger partial charge on any atom is 0.0434 e. The first-order valence-electron chi connectivity index (χ1n) is 7.52. The van der Waals surface area contributed by atoms with Crippen LogP contribution in [0.5, 0.6) is 0 Å². The van der Waals surface area contributed by atoms with Gasteiger partial charge in [-0.1, -0.05) is 12.2 Å². The average molecular weight is 239 g/mol. The molecule has 0 fully saturated rings. The highest BCUT2D eigenvalue weighted by Gasteiger charge is 2.27. The fourth-order valence-corrected chi connectivity index (χ4v) is 4.00. The summed E-state index contributed by atoms with van der Waals surface area (Å²) < 4.78 is 0. The van der Waals surface area contributed by atoms with Crippen molar-refractivity contribution in [3.63, 3.8) is 0 Å². The molecule has 0 saturated carbocycles. The van der Waals surface area contributed by atoms with Gasteiger partial charge in [0.1, 0.15) is 0 Å². The van der Waals surface area contributed by atoms with E-state index in [0.29, 0.717) is 0 Å². The van der Waals surface area contributed by atoms with Gasteiger partial charge in [0.15, 0.2) is 0 Å². The summed E-state index contributed by atoms with van der Waals surface area (Å²) in [4.78, 5) is 2.66. The third kappa shape index (κ3) is 1.53. The smallest absolute Gasteiger partial charge is 0.0434 e. The van der Waals surface area contributed by atoms with Gasteiger partial charge in [-0.3, -0.25) is 0 Å². The van der Waals surface area contributed by atoms with Crippen molar-refractivity contribution >= 4 is 11.8 Å². The van der Waals surface area contributed by atoms with Crippen LogP contribution in [0.3, 0.4) is 0 Å². The number of allylic oxidation sites excluding steroid dienone is 1. The molecule has 2 aliphatic heterocycles. The molecule has 1 nitrogen and oxygen atoms in total. The highest BCUT2D eigenvalue weighted by molar-refractivity contribution is 5.71. The summed E-state index contributed by atoms with van der Waals surface area (Å²) in [6.07, 6.45) is 13.9. The molecule has 0 N–H and O–H groups in total. The molecule has 0 atom stereocenters. The molecule has 0 spiro atoms. The van der Waals surface area contributed by atoms with Crippen LogP contribution in [0.1, 0.15) is 47.9 Å². The van der Waals surface area contributed by atoms with E-state index in [-0.39, 0.29) is 0 Å². The molecule has 2 heterocycles. The molecule has 0 amide bonds. The Kier molecular flexibility index (Phi) is 2.46. The molecule has 0 radical (unpaired) electrons. The van der Waals surface area contributed by atoms with Crippen molar-refractivity contribution in [1.29, 1.82) is 0 Å². The lowest BCUT2D eigenvalue weighted by molar-refractivity contribution is 0.629. The molecule has 1 aromatic carbocycles. The van der Waals surface area contributed by atoms with Crippen LogP contribution in [-0.2, 0) is 19.3 Å².